The molecule has 0 aliphatic heterocycles. The van der Waals surface area contributed by atoms with Crippen molar-refractivity contribution in [3.63, 3.8) is 0 Å². The van der Waals surface area contributed by atoms with Crippen molar-refractivity contribution in [2.45, 2.75) is 26.1 Å². The van der Waals surface area contributed by atoms with Gasteiger partial charge in [0.1, 0.15) is 0 Å². The van der Waals surface area contributed by atoms with Crippen LogP contribution in [0.25, 0.3) is 6.08 Å². The van der Waals surface area contributed by atoms with Gasteiger partial charge in [0.15, 0.2) is 6.10 Å². The smallest absolute Gasteiger partial charge is 0.416 e. The number of hydrogen-bond acceptors (Lipinski definition) is 3. The van der Waals surface area contributed by atoms with Crippen LogP contribution in [0.4, 0.5) is 18.9 Å². The molecule has 2 aromatic rings. The lowest BCUT2D eigenvalue weighted by Gasteiger charge is -2.12. The highest BCUT2D eigenvalue weighted by atomic mass is 19.4. The number of rotatable bonds is 5. The quantitative estimate of drug-likeness (QED) is 0.612. The molecule has 0 aliphatic carbocycles. The lowest BCUT2D eigenvalue weighted by atomic mass is 10.1. The maximum absolute atomic E-state index is 12.5. The number of amides is 1. The Morgan fingerprint density at radius 3 is 2.19 bits per heavy atom. The fraction of sp³-hybridized carbons (Fsp3) is 0.200. The van der Waals surface area contributed by atoms with Crippen LogP contribution in [0, 0.1) is 6.92 Å². The first kappa shape index (κ1) is 20.2. The van der Waals surface area contributed by atoms with Crippen LogP contribution in [0.15, 0.2) is 54.6 Å². The van der Waals surface area contributed by atoms with Crippen LogP contribution in [0.2, 0.25) is 0 Å². The molecule has 0 aliphatic rings. The molecule has 1 atom stereocenters. The molecular formula is C20H18F3NO3. The summed E-state index contributed by atoms with van der Waals surface area (Å²) in [6.07, 6.45) is -3.08. The van der Waals surface area contributed by atoms with Gasteiger partial charge < -0.3 is 10.1 Å². The molecule has 0 unspecified atom stereocenters. The van der Waals surface area contributed by atoms with E-state index in [1.165, 1.54) is 25.1 Å². The minimum absolute atomic E-state index is 0.400. The van der Waals surface area contributed by atoms with E-state index in [2.05, 4.69) is 5.32 Å². The normalized spacial score (nSPS) is 12.6. The SMILES string of the molecule is Cc1ccc(NC(=O)[C@@H](C)OC(=O)/C=C/c2ccc(C(F)(F)F)cc2)cc1. The minimum atomic E-state index is -4.42. The molecule has 27 heavy (non-hydrogen) atoms. The van der Waals surface area contributed by atoms with Gasteiger partial charge >= 0.3 is 12.1 Å². The number of esters is 1. The average Bonchev–Trinajstić information content (AvgIpc) is 2.61. The zero-order chi connectivity index (χ0) is 20.0. The Bertz CT molecular complexity index is 825. The van der Waals surface area contributed by atoms with Crippen molar-refractivity contribution in [2.24, 2.45) is 0 Å². The molecule has 0 radical (unpaired) electrons. The third kappa shape index (κ3) is 6.29. The van der Waals surface area contributed by atoms with Crippen LogP contribution in [-0.4, -0.2) is 18.0 Å². The Balaban J connectivity index is 1.89. The maximum atomic E-state index is 12.5. The van der Waals surface area contributed by atoms with Gasteiger partial charge in [0, 0.05) is 11.8 Å². The number of halogens is 3. The fourth-order valence-electron chi connectivity index (χ4n) is 2.10. The van der Waals surface area contributed by atoms with Gasteiger partial charge in [0.05, 0.1) is 5.56 Å². The van der Waals surface area contributed by atoms with Gasteiger partial charge in [-0.15, -0.1) is 0 Å². The standard InChI is InChI=1S/C20H18F3NO3/c1-13-3-10-17(11-4-13)24-19(26)14(2)27-18(25)12-7-15-5-8-16(9-6-15)20(21,22)23/h3-12,14H,1-2H3,(H,24,26)/b12-7+/t14-/m1/s1. The van der Waals surface area contributed by atoms with Crippen molar-refractivity contribution >= 4 is 23.6 Å². The molecule has 0 fully saturated rings. The third-order valence-electron chi connectivity index (χ3n) is 3.63. The summed E-state index contributed by atoms with van der Waals surface area (Å²) in [7, 11) is 0. The molecule has 2 rings (SSSR count). The molecule has 0 heterocycles. The summed E-state index contributed by atoms with van der Waals surface area (Å²) in [6, 6.07) is 11.4. The molecule has 0 spiro atoms. The number of hydrogen-bond donors (Lipinski definition) is 1. The third-order valence-corrected chi connectivity index (χ3v) is 3.63. The average molecular weight is 377 g/mol. The number of carbonyl (C=O) groups excluding carboxylic acids is 2. The van der Waals surface area contributed by atoms with Gasteiger partial charge in [-0.05, 0) is 49.8 Å². The lowest BCUT2D eigenvalue weighted by molar-refractivity contribution is -0.148. The van der Waals surface area contributed by atoms with E-state index in [9.17, 15) is 22.8 Å². The van der Waals surface area contributed by atoms with Crippen LogP contribution >= 0.6 is 0 Å². The van der Waals surface area contributed by atoms with Crippen LogP contribution < -0.4 is 5.32 Å². The summed E-state index contributed by atoms with van der Waals surface area (Å²) in [5.74, 6) is -1.27. The van der Waals surface area contributed by atoms with Crippen molar-refractivity contribution in [3.05, 3.63) is 71.3 Å². The van der Waals surface area contributed by atoms with Crippen LogP contribution in [0.5, 0.6) is 0 Å². The Kier molecular flexibility index (Phi) is 6.39. The molecule has 7 heteroatoms. The molecule has 0 saturated heterocycles. The summed E-state index contributed by atoms with van der Waals surface area (Å²) >= 11 is 0. The van der Waals surface area contributed by atoms with E-state index in [1.54, 1.807) is 12.1 Å². The van der Waals surface area contributed by atoms with Gasteiger partial charge in [-0.3, -0.25) is 4.79 Å². The first-order valence-corrected chi connectivity index (χ1v) is 8.08. The van der Waals surface area contributed by atoms with Crippen molar-refractivity contribution in [1.29, 1.82) is 0 Å². The van der Waals surface area contributed by atoms with E-state index >= 15 is 0 Å². The number of aryl methyl sites for hydroxylation is 1. The van der Waals surface area contributed by atoms with Crippen LogP contribution in [0.1, 0.15) is 23.6 Å². The zero-order valence-electron chi connectivity index (χ0n) is 14.7. The van der Waals surface area contributed by atoms with Crippen molar-refractivity contribution in [2.75, 3.05) is 5.32 Å². The van der Waals surface area contributed by atoms with Gasteiger partial charge in [-0.2, -0.15) is 13.2 Å². The highest BCUT2D eigenvalue weighted by molar-refractivity contribution is 5.96. The highest BCUT2D eigenvalue weighted by Gasteiger charge is 2.29. The molecule has 1 N–H and O–H groups in total. The number of carbonyl (C=O) groups is 2. The lowest BCUT2D eigenvalue weighted by Crippen LogP contribution is -2.29. The highest BCUT2D eigenvalue weighted by Crippen LogP contribution is 2.29. The number of anilines is 1. The van der Waals surface area contributed by atoms with Gasteiger partial charge in [0.2, 0.25) is 0 Å². The molecule has 1 amide bonds. The Hall–Kier alpha value is -3.09. The van der Waals surface area contributed by atoms with Crippen molar-refractivity contribution < 1.29 is 27.5 Å². The Morgan fingerprint density at radius 2 is 1.63 bits per heavy atom. The predicted molar refractivity (Wildman–Crippen MR) is 95.8 cm³/mol. The van der Waals surface area contributed by atoms with E-state index in [1.807, 2.05) is 19.1 Å². The number of ether oxygens (including phenoxy) is 1. The van der Waals surface area contributed by atoms with E-state index in [0.717, 1.165) is 23.8 Å². The summed E-state index contributed by atoms with van der Waals surface area (Å²) in [5, 5.41) is 2.62. The Labute approximate surface area is 154 Å². The molecule has 2 aromatic carbocycles. The molecule has 0 bridgehead atoms. The topological polar surface area (TPSA) is 55.4 Å². The molecule has 4 nitrogen and oxygen atoms in total. The van der Waals surface area contributed by atoms with Crippen LogP contribution in [0.3, 0.4) is 0 Å². The zero-order valence-corrected chi connectivity index (χ0v) is 14.7. The monoisotopic (exact) mass is 377 g/mol. The Morgan fingerprint density at radius 1 is 1.04 bits per heavy atom. The van der Waals surface area contributed by atoms with Crippen LogP contribution in [-0.2, 0) is 20.5 Å². The van der Waals surface area contributed by atoms with E-state index in [0.29, 0.717) is 11.3 Å². The van der Waals surface area contributed by atoms with Crippen molar-refractivity contribution in [3.8, 4) is 0 Å². The van der Waals surface area contributed by atoms with Gasteiger partial charge in [-0.1, -0.05) is 29.8 Å². The largest absolute Gasteiger partial charge is 0.449 e. The summed E-state index contributed by atoms with van der Waals surface area (Å²) < 4.78 is 42.5. The minimum Gasteiger partial charge on any atom is -0.449 e. The first-order valence-electron chi connectivity index (χ1n) is 8.08. The molecule has 0 saturated carbocycles. The van der Waals surface area contributed by atoms with E-state index < -0.39 is 29.7 Å². The fourth-order valence-corrected chi connectivity index (χ4v) is 2.10. The number of nitrogens with one attached hydrogen (secondary N) is 1. The second kappa shape index (κ2) is 8.53. The number of benzene rings is 2. The first-order chi connectivity index (χ1) is 12.6. The van der Waals surface area contributed by atoms with E-state index in [-0.39, 0.29) is 0 Å². The van der Waals surface area contributed by atoms with E-state index in [4.69, 9.17) is 4.74 Å². The van der Waals surface area contributed by atoms with Gasteiger partial charge in [0.25, 0.3) is 5.91 Å². The maximum Gasteiger partial charge on any atom is 0.416 e. The molecule has 0 aromatic heterocycles. The summed E-state index contributed by atoms with van der Waals surface area (Å²) in [4.78, 5) is 23.8. The second-order valence-electron chi connectivity index (χ2n) is 5.89. The van der Waals surface area contributed by atoms with Gasteiger partial charge in [-0.25, -0.2) is 4.79 Å². The summed E-state index contributed by atoms with van der Waals surface area (Å²) in [5.41, 5.74) is 1.25. The van der Waals surface area contributed by atoms with Crippen molar-refractivity contribution in [1.82, 2.24) is 0 Å². The summed E-state index contributed by atoms with van der Waals surface area (Å²) in [6.45, 7) is 3.34. The predicted octanol–water partition coefficient (Wildman–Crippen LogP) is 4.60. The molecular weight excluding hydrogens is 359 g/mol. The molecule has 142 valence electrons. The number of alkyl halides is 3. The second-order valence-corrected chi connectivity index (χ2v) is 5.89.